The van der Waals surface area contributed by atoms with Crippen molar-refractivity contribution in [3.05, 3.63) is 53.1 Å². The lowest BCUT2D eigenvalue weighted by Crippen LogP contribution is -2.39. The van der Waals surface area contributed by atoms with Gasteiger partial charge in [-0.1, -0.05) is 29.8 Å². The molecule has 0 spiro atoms. The van der Waals surface area contributed by atoms with Gasteiger partial charge in [0, 0.05) is 0 Å². The average molecular weight is 331 g/mol. The highest BCUT2D eigenvalue weighted by Gasteiger charge is 2.29. The zero-order valence-electron chi connectivity index (χ0n) is 12.4. The number of anilines is 2. The van der Waals surface area contributed by atoms with Crippen molar-refractivity contribution >= 4 is 34.8 Å². The summed E-state index contributed by atoms with van der Waals surface area (Å²) in [5.41, 5.74) is 2.12. The third kappa shape index (κ3) is 3.46. The molecule has 0 fully saturated rings. The van der Waals surface area contributed by atoms with E-state index in [1.165, 1.54) is 0 Å². The number of amides is 2. The number of carbonyl (C=O) groups is 2. The predicted molar refractivity (Wildman–Crippen MR) is 88.9 cm³/mol. The molecule has 2 aromatic rings. The zero-order chi connectivity index (χ0) is 16.4. The molecule has 0 bridgehead atoms. The normalized spacial score (nSPS) is 16.1. The molecule has 118 valence electrons. The highest BCUT2D eigenvalue weighted by atomic mass is 35.5. The van der Waals surface area contributed by atoms with Crippen molar-refractivity contribution in [3.8, 4) is 5.75 Å². The van der Waals surface area contributed by atoms with E-state index in [2.05, 4.69) is 10.6 Å². The Labute approximate surface area is 138 Å². The number of fused-ring (bicyclic) bond motifs is 1. The summed E-state index contributed by atoms with van der Waals surface area (Å²) < 4.78 is 5.60. The largest absolute Gasteiger partial charge is 0.478 e. The fourth-order valence-electron chi connectivity index (χ4n) is 2.32. The van der Waals surface area contributed by atoms with Crippen molar-refractivity contribution in [2.45, 2.75) is 19.4 Å². The van der Waals surface area contributed by atoms with Gasteiger partial charge in [0.05, 0.1) is 22.8 Å². The summed E-state index contributed by atoms with van der Waals surface area (Å²) in [4.78, 5) is 24.2. The van der Waals surface area contributed by atoms with E-state index in [1.807, 2.05) is 13.0 Å². The van der Waals surface area contributed by atoms with Gasteiger partial charge in [0.1, 0.15) is 5.75 Å². The van der Waals surface area contributed by atoms with E-state index in [1.54, 1.807) is 36.4 Å². The number of carbonyl (C=O) groups excluding carboxylic acids is 2. The summed E-state index contributed by atoms with van der Waals surface area (Å²) in [7, 11) is 0. The van der Waals surface area contributed by atoms with Crippen LogP contribution in [0.25, 0.3) is 0 Å². The monoisotopic (exact) mass is 330 g/mol. The molecule has 2 N–H and O–H groups in total. The standard InChI is InChI=1S/C17H15ClN2O3/c1-10-6-7-12(11(18)8-10)19-16(21)9-15-17(22)20-13-4-2-3-5-14(13)23-15/h2-8,15H,9H2,1H3,(H,19,21)(H,20,22). The molecule has 1 aliphatic rings. The van der Waals surface area contributed by atoms with Gasteiger partial charge < -0.3 is 15.4 Å². The van der Waals surface area contributed by atoms with Crippen LogP contribution in [0.15, 0.2) is 42.5 Å². The number of halogens is 1. The minimum Gasteiger partial charge on any atom is -0.478 e. The van der Waals surface area contributed by atoms with Crippen LogP contribution < -0.4 is 15.4 Å². The van der Waals surface area contributed by atoms with Gasteiger partial charge in [-0.15, -0.1) is 0 Å². The molecular weight excluding hydrogens is 316 g/mol. The first-order valence-corrected chi connectivity index (χ1v) is 7.53. The Bertz CT molecular complexity index is 776. The SMILES string of the molecule is Cc1ccc(NC(=O)CC2Oc3ccccc3NC2=O)c(Cl)c1. The molecule has 23 heavy (non-hydrogen) atoms. The summed E-state index contributed by atoms with van der Waals surface area (Å²) in [6.07, 6.45) is -0.959. The van der Waals surface area contributed by atoms with Gasteiger partial charge in [0.2, 0.25) is 5.91 Å². The summed E-state index contributed by atoms with van der Waals surface area (Å²) in [5.74, 6) is -0.123. The summed E-state index contributed by atoms with van der Waals surface area (Å²) >= 11 is 6.09. The molecule has 0 aliphatic carbocycles. The molecular formula is C17H15ClN2O3. The van der Waals surface area contributed by atoms with Crippen molar-refractivity contribution in [2.24, 2.45) is 0 Å². The molecule has 0 saturated heterocycles. The van der Waals surface area contributed by atoms with Crippen molar-refractivity contribution in [3.63, 3.8) is 0 Å². The number of hydrogen-bond donors (Lipinski definition) is 2. The van der Waals surface area contributed by atoms with Gasteiger partial charge in [-0.25, -0.2) is 0 Å². The quantitative estimate of drug-likeness (QED) is 0.906. The fraction of sp³-hybridized carbons (Fsp3) is 0.176. The highest BCUT2D eigenvalue weighted by Crippen LogP contribution is 2.30. The second-order valence-corrected chi connectivity index (χ2v) is 5.73. The maximum Gasteiger partial charge on any atom is 0.266 e. The Morgan fingerprint density at radius 1 is 1.30 bits per heavy atom. The lowest BCUT2D eigenvalue weighted by Gasteiger charge is -2.25. The van der Waals surface area contributed by atoms with E-state index in [0.29, 0.717) is 22.1 Å². The molecule has 1 heterocycles. The number of hydrogen-bond acceptors (Lipinski definition) is 3. The molecule has 1 atom stereocenters. The van der Waals surface area contributed by atoms with Crippen LogP contribution in [0.5, 0.6) is 5.75 Å². The van der Waals surface area contributed by atoms with Crippen LogP contribution in [0.1, 0.15) is 12.0 Å². The van der Waals surface area contributed by atoms with Crippen molar-refractivity contribution < 1.29 is 14.3 Å². The minimum absolute atomic E-state index is 0.0929. The highest BCUT2D eigenvalue weighted by molar-refractivity contribution is 6.33. The molecule has 2 aromatic carbocycles. The number of rotatable bonds is 3. The average Bonchev–Trinajstić information content (AvgIpc) is 2.51. The molecule has 3 rings (SSSR count). The Morgan fingerprint density at radius 2 is 2.09 bits per heavy atom. The van der Waals surface area contributed by atoms with Crippen molar-refractivity contribution in [1.29, 1.82) is 0 Å². The first-order chi connectivity index (χ1) is 11.0. The van der Waals surface area contributed by atoms with Crippen LogP contribution in [0.4, 0.5) is 11.4 Å². The van der Waals surface area contributed by atoms with Gasteiger partial charge in [-0.2, -0.15) is 0 Å². The third-order valence-corrected chi connectivity index (χ3v) is 3.79. The van der Waals surface area contributed by atoms with Gasteiger partial charge in [0.15, 0.2) is 6.10 Å². The number of nitrogens with one attached hydrogen (secondary N) is 2. The first-order valence-electron chi connectivity index (χ1n) is 7.15. The van der Waals surface area contributed by atoms with E-state index in [9.17, 15) is 9.59 Å². The van der Waals surface area contributed by atoms with E-state index in [4.69, 9.17) is 16.3 Å². The predicted octanol–water partition coefficient (Wildman–Crippen LogP) is 3.38. The summed E-state index contributed by atoms with van der Waals surface area (Å²) in [5, 5.41) is 5.88. The van der Waals surface area contributed by atoms with Crippen molar-refractivity contribution in [1.82, 2.24) is 0 Å². The van der Waals surface area contributed by atoms with Crippen LogP contribution in [-0.2, 0) is 9.59 Å². The van der Waals surface area contributed by atoms with Crippen LogP contribution >= 0.6 is 11.6 Å². The van der Waals surface area contributed by atoms with E-state index >= 15 is 0 Å². The number of para-hydroxylation sites is 2. The van der Waals surface area contributed by atoms with Gasteiger partial charge in [-0.3, -0.25) is 9.59 Å². The van der Waals surface area contributed by atoms with Crippen LogP contribution in [-0.4, -0.2) is 17.9 Å². The molecule has 1 unspecified atom stereocenters. The molecule has 2 amide bonds. The zero-order valence-corrected chi connectivity index (χ0v) is 13.2. The topological polar surface area (TPSA) is 67.4 Å². The third-order valence-electron chi connectivity index (χ3n) is 3.48. The van der Waals surface area contributed by atoms with Crippen LogP contribution in [0.2, 0.25) is 5.02 Å². The molecule has 0 saturated carbocycles. The second kappa shape index (κ2) is 6.30. The van der Waals surface area contributed by atoms with E-state index < -0.39 is 6.10 Å². The summed E-state index contributed by atoms with van der Waals surface area (Å²) in [6, 6.07) is 12.4. The lowest BCUT2D eigenvalue weighted by atomic mass is 10.1. The molecule has 5 nitrogen and oxygen atoms in total. The molecule has 0 radical (unpaired) electrons. The van der Waals surface area contributed by atoms with E-state index in [-0.39, 0.29) is 18.2 Å². The summed E-state index contributed by atoms with van der Waals surface area (Å²) in [6.45, 7) is 1.91. The Balaban J connectivity index is 1.67. The van der Waals surface area contributed by atoms with Gasteiger partial charge in [0.25, 0.3) is 5.91 Å². The Hall–Kier alpha value is -2.53. The van der Waals surface area contributed by atoms with Crippen molar-refractivity contribution in [2.75, 3.05) is 10.6 Å². The minimum atomic E-state index is -0.867. The fourth-order valence-corrected chi connectivity index (χ4v) is 2.60. The van der Waals surface area contributed by atoms with Crippen LogP contribution in [0, 0.1) is 6.92 Å². The number of benzene rings is 2. The Morgan fingerprint density at radius 3 is 2.87 bits per heavy atom. The van der Waals surface area contributed by atoms with E-state index in [0.717, 1.165) is 5.56 Å². The molecule has 0 aromatic heterocycles. The number of aryl methyl sites for hydroxylation is 1. The maximum atomic E-state index is 12.1. The smallest absolute Gasteiger partial charge is 0.266 e. The molecule has 1 aliphatic heterocycles. The molecule has 6 heteroatoms. The first kappa shape index (κ1) is 15.4. The van der Waals surface area contributed by atoms with Gasteiger partial charge in [-0.05, 0) is 36.8 Å². The lowest BCUT2D eigenvalue weighted by molar-refractivity contribution is -0.128. The Kier molecular flexibility index (Phi) is 4.21. The maximum absolute atomic E-state index is 12.1. The van der Waals surface area contributed by atoms with Gasteiger partial charge >= 0.3 is 0 Å². The van der Waals surface area contributed by atoms with Crippen LogP contribution in [0.3, 0.4) is 0 Å². The number of ether oxygens (including phenoxy) is 1. The second-order valence-electron chi connectivity index (χ2n) is 5.33.